The number of benzene rings is 8. The van der Waals surface area contributed by atoms with Gasteiger partial charge in [0.25, 0.3) is 6.71 Å². The van der Waals surface area contributed by atoms with Crippen LogP contribution in [-0.4, -0.2) is 14.8 Å². The molecule has 0 aliphatic carbocycles. The number of nitrogens with zero attached hydrogens (tertiary/aromatic N) is 1. The van der Waals surface area contributed by atoms with Crippen LogP contribution in [0.15, 0.2) is 176 Å². The van der Waals surface area contributed by atoms with E-state index in [1.54, 1.807) is 0 Å². The van der Waals surface area contributed by atoms with E-state index < -0.39 is 8.07 Å². The molecule has 3 aliphatic heterocycles. The summed E-state index contributed by atoms with van der Waals surface area (Å²) >= 11 is 0. The van der Waals surface area contributed by atoms with Gasteiger partial charge in [-0.1, -0.05) is 181 Å². The van der Waals surface area contributed by atoms with E-state index in [9.17, 15) is 0 Å². The average molecular weight is 804 g/mol. The van der Waals surface area contributed by atoms with Crippen LogP contribution in [0, 0.1) is 6.92 Å². The zero-order chi connectivity index (χ0) is 41.8. The fourth-order valence-electron chi connectivity index (χ4n) is 10.6. The number of fused-ring (bicyclic) bond motifs is 7. The highest BCUT2D eigenvalue weighted by atomic mass is 28.3. The van der Waals surface area contributed by atoms with Crippen LogP contribution >= 0.6 is 0 Å². The molecule has 0 bridgehead atoms. The predicted molar refractivity (Wildman–Crippen MR) is 262 cm³/mol. The van der Waals surface area contributed by atoms with Gasteiger partial charge < -0.3 is 9.64 Å². The van der Waals surface area contributed by atoms with Crippen LogP contribution in [0.2, 0.25) is 0 Å². The van der Waals surface area contributed by atoms with Crippen LogP contribution in [0.25, 0.3) is 22.3 Å². The van der Waals surface area contributed by atoms with Crippen LogP contribution in [0.5, 0.6) is 11.5 Å². The van der Waals surface area contributed by atoms with Crippen molar-refractivity contribution >= 4 is 69.0 Å². The maximum atomic E-state index is 6.94. The van der Waals surface area contributed by atoms with Gasteiger partial charge in [-0.25, -0.2) is 0 Å². The van der Waals surface area contributed by atoms with Crippen LogP contribution in [0.3, 0.4) is 0 Å². The molecule has 0 N–H and O–H groups in total. The third kappa shape index (κ3) is 5.68. The van der Waals surface area contributed by atoms with Crippen molar-refractivity contribution in [2.24, 2.45) is 0 Å². The summed E-state index contributed by atoms with van der Waals surface area (Å²) in [7, 11) is -2.78. The Morgan fingerprint density at radius 3 is 1.84 bits per heavy atom. The first-order chi connectivity index (χ1) is 29.4. The maximum Gasteiger partial charge on any atom is 0.256 e. The largest absolute Gasteiger partial charge is 0.458 e. The Morgan fingerprint density at radius 1 is 0.459 bits per heavy atom. The minimum absolute atomic E-state index is 0.00490. The van der Waals surface area contributed by atoms with Crippen molar-refractivity contribution in [3.8, 4) is 33.8 Å². The number of hydrogen-bond donors (Lipinski definition) is 0. The lowest BCUT2D eigenvalue weighted by Crippen LogP contribution is -2.73. The Kier molecular flexibility index (Phi) is 8.37. The minimum atomic E-state index is -2.78. The Morgan fingerprint density at radius 2 is 1.11 bits per heavy atom. The molecule has 0 fully saturated rings. The lowest BCUT2D eigenvalue weighted by Gasteiger charge is -2.42. The van der Waals surface area contributed by atoms with Crippen molar-refractivity contribution in [1.82, 2.24) is 0 Å². The molecular formula is C57H50BNOSi. The van der Waals surface area contributed by atoms with Crippen LogP contribution < -0.4 is 46.8 Å². The summed E-state index contributed by atoms with van der Waals surface area (Å²) in [6, 6.07) is 67.0. The molecule has 0 unspecified atom stereocenters. The molecule has 0 saturated heterocycles. The van der Waals surface area contributed by atoms with Gasteiger partial charge in [0, 0.05) is 16.9 Å². The van der Waals surface area contributed by atoms with Gasteiger partial charge >= 0.3 is 0 Å². The van der Waals surface area contributed by atoms with Crippen molar-refractivity contribution in [3.05, 3.63) is 193 Å². The quantitative estimate of drug-likeness (QED) is 0.164. The topological polar surface area (TPSA) is 12.5 Å². The highest BCUT2D eigenvalue weighted by molar-refractivity contribution is 7.22. The van der Waals surface area contributed by atoms with E-state index in [4.69, 9.17) is 4.74 Å². The van der Waals surface area contributed by atoms with Crippen molar-refractivity contribution in [3.63, 3.8) is 0 Å². The Balaban J connectivity index is 1.28. The third-order valence-electron chi connectivity index (χ3n) is 13.5. The molecule has 0 amide bonds. The third-order valence-corrected chi connectivity index (χ3v) is 18.4. The van der Waals surface area contributed by atoms with Crippen molar-refractivity contribution in [2.75, 3.05) is 4.90 Å². The summed E-state index contributed by atoms with van der Waals surface area (Å²) in [5, 5.41) is 5.71. The van der Waals surface area contributed by atoms with Gasteiger partial charge in [0.2, 0.25) is 0 Å². The monoisotopic (exact) mass is 803 g/mol. The maximum absolute atomic E-state index is 6.94. The van der Waals surface area contributed by atoms with Gasteiger partial charge in [0.15, 0.2) is 8.07 Å². The Bertz CT molecular complexity index is 3010. The zero-order valence-electron chi connectivity index (χ0n) is 36.2. The summed E-state index contributed by atoms with van der Waals surface area (Å²) in [5.74, 6) is 1.87. The van der Waals surface area contributed by atoms with Crippen molar-refractivity contribution < 1.29 is 4.74 Å². The molecule has 61 heavy (non-hydrogen) atoms. The van der Waals surface area contributed by atoms with E-state index >= 15 is 0 Å². The first kappa shape index (κ1) is 37.6. The molecule has 296 valence electrons. The predicted octanol–water partition coefficient (Wildman–Crippen LogP) is 10.0. The lowest BCUT2D eigenvalue weighted by molar-refractivity contribution is 0.487. The second-order valence-corrected chi connectivity index (χ2v) is 23.1. The molecule has 0 atom stereocenters. The highest BCUT2D eigenvalue weighted by Gasteiger charge is 2.51. The molecule has 0 saturated carbocycles. The fourth-order valence-corrected chi connectivity index (χ4v) is 15.8. The molecule has 0 spiro atoms. The summed E-state index contributed by atoms with van der Waals surface area (Å²) in [5.41, 5.74) is 16.2. The van der Waals surface area contributed by atoms with E-state index in [0.717, 1.165) is 11.5 Å². The number of aryl methyl sites for hydroxylation is 1. The molecule has 0 radical (unpaired) electrons. The molecule has 3 heterocycles. The number of ether oxygens (including phenoxy) is 1. The lowest BCUT2D eigenvalue weighted by atomic mass is 9.34. The smallest absolute Gasteiger partial charge is 0.256 e. The van der Waals surface area contributed by atoms with Gasteiger partial charge in [-0.05, 0) is 125 Å². The number of anilines is 3. The average Bonchev–Trinajstić information content (AvgIpc) is 3.55. The van der Waals surface area contributed by atoms with Crippen LogP contribution in [0.4, 0.5) is 17.1 Å². The van der Waals surface area contributed by atoms with E-state index in [0.29, 0.717) is 0 Å². The molecule has 4 heteroatoms. The van der Waals surface area contributed by atoms with Crippen molar-refractivity contribution in [2.45, 2.75) is 59.3 Å². The summed E-state index contributed by atoms with van der Waals surface area (Å²) in [4.78, 5) is 2.59. The van der Waals surface area contributed by atoms with E-state index in [1.165, 1.54) is 93.1 Å². The summed E-state index contributed by atoms with van der Waals surface area (Å²) < 4.78 is 6.94. The molecule has 3 aliphatic rings. The Hall–Kier alpha value is -6.36. The van der Waals surface area contributed by atoms with E-state index in [-0.39, 0.29) is 17.5 Å². The number of para-hydroxylation sites is 1. The van der Waals surface area contributed by atoms with Gasteiger partial charge in [-0.15, -0.1) is 0 Å². The van der Waals surface area contributed by atoms with Crippen molar-refractivity contribution in [1.29, 1.82) is 0 Å². The van der Waals surface area contributed by atoms with Gasteiger partial charge in [0.1, 0.15) is 11.5 Å². The summed E-state index contributed by atoms with van der Waals surface area (Å²) in [6.07, 6.45) is 0. The summed E-state index contributed by atoms with van der Waals surface area (Å²) in [6.45, 7) is 16.1. The number of hydrogen-bond acceptors (Lipinski definition) is 2. The normalized spacial score (nSPS) is 14.3. The van der Waals surface area contributed by atoms with Gasteiger partial charge in [-0.2, -0.15) is 0 Å². The van der Waals surface area contributed by atoms with E-state index in [2.05, 4.69) is 229 Å². The molecular weight excluding hydrogens is 754 g/mol. The van der Waals surface area contributed by atoms with Crippen LogP contribution in [-0.2, 0) is 10.8 Å². The zero-order valence-corrected chi connectivity index (χ0v) is 37.2. The van der Waals surface area contributed by atoms with Gasteiger partial charge in [0.05, 0.1) is 5.69 Å². The highest BCUT2D eigenvalue weighted by Crippen LogP contribution is 2.47. The van der Waals surface area contributed by atoms with E-state index in [1.807, 2.05) is 0 Å². The molecule has 11 rings (SSSR count). The number of rotatable bonds is 4. The molecule has 2 nitrogen and oxygen atoms in total. The van der Waals surface area contributed by atoms with Gasteiger partial charge in [-0.3, -0.25) is 0 Å². The SMILES string of the molecule is Cc1cc2c3c(c1)N(c1ccc(C(C)(C)C)cc1-c1cccc(C(C)(C)C)c1)c1cc4c(cc1B3c1ccccc1O2)[Si](c1ccccc1)(c1ccccc1)c1ccccc1-4. The van der Waals surface area contributed by atoms with Crippen LogP contribution in [0.1, 0.15) is 58.2 Å². The molecule has 8 aromatic carbocycles. The molecule has 0 aromatic heterocycles. The molecule has 8 aromatic rings. The first-order valence-electron chi connectivity index (χ1n) is 21.8. The second-order valence-electron chi connectivity index (χ2n) is 19.4. The first-order valence-corrected chi connectivity index (χ1v) is 23.8. The standard InChI is InChI=1S/C57H50BNOSi/c1-37-31-50-55-52(32-37)60-51-27-16-15-26-46(51)58(55)47-36-54-45(43-25-14-17-28-53(43)61(54,41-21-10-8-11-22-41)42-23-12-9-13-24-42)35-49(47)59(50)48-30-29-40(57(5,6)7)34-44(48)38-19-18-20-39(33-38)56(2,3)4/h8-36H,1-7H3. The minimum Gasteiger partial charge on any atom is -0.458 e. The second kappa shape index (κ2) is 13.6. The Labute approximate surface area is 362 Å². The fraction of sp³-hybridized carbons (Fsp3) is 0.158.